The van der Waals surface area contributed by atoms with Crippen LogP contribution in [0.3, 0.4) is 0 Å². The SMILES string of the molecule is O=C(CC(O)CCc1ccc(-c2ccccc2)cc1)N1CCSC1. The zero-order valence-electron chi connectivity index (χ0n) is 13.7. The molecule has 1 aliphatic rings. The summed E-state index contributed by atoms with van der Waals surface area (Å²) in [7, 11) is 0. The Morgan fingerprint density at radius 3 is 2.46 bits per heavy atom. The maximum Gasteiger partial charge on any atom is 0.225 e. The minimum Gasteiger partial charge on any atom is -0.393 e. The van der Waals surface area contributed by atoms with Gasteiger partial charge in [-0.15, -0.1) is 11.8 Å². The second kappa shape index (κ2) is 8.36. The molecule has 126 valence electrons. The molecule has 1 unspecified atom stereocenters. The molecule has 1 amide bonds. The number of aliphatic hydroxyl groups excluding tert-OH is 1. The van der Waals surface area contributed by atoms with Crippen molar-refractivity contribution in [2.75, 3.05) is 18.2 Å². The van der Waals surface area contributed by atoms with Gasteiger partial charge >= 0.3 is 0 Å². The summed E-state index contributed by atoms with van der Waals surface area (Å²) in [6.07, 6.45) is 1.09. The molecule has 1 atom stereocenters. The first-order valence-corrected chi connectivity index (χ1v) is 9.56. The van der Waals surface area contributed by atoms with Crippen LogP contribution in [-0.4, -0.2) is 40.2 Å². The molecule has 0 bridgehead atoms. The van der Waals surface area contributed by atoms with Gasteiger partial charge in [-0.1, -0.05) is 54.6 Å². The molecular weight excluding hydrogens is 318 g/mol. The van der Waals surface area contributed by atoms with Gasteiger partial charge < -0.3 is 10.0 Å². The van der Waals surface area contributed by atoms with Crippen LogP contribution in [0.2, 0.25) is 0 Å². The molecule has 0 radical (unpaired) electrons. The van der Waals surface area contributed by atoms with E-state index < -0.39 is 6.10 Å². The lowest BCUT2D eigenvalue weighted by Gasteiger charge is -2.17. The number of carbonyl (C=O) groups is 1. The van der Waals surface area contributed by atoms with Crippen molar-refractivity contribution >= 4 is 17.7 Å². The molecule has 0 aliphatic carbocycles. The number of hydrogen-bond acceptors (Lipinski definition) is 3. The molecule has 0 spiro atoms. The lowest BCUT2D eigenvalue weighted by molar-refractivity contribution is -0.131. The quantitative estimate of drug-likeness (QED) is 0.873. The summed E-state index contributed by atoms with van der Waals surface area (Å²) in [6.45, 7) is 0.817. The van der Waals surface area contributed by atoms with Gasteiger partial charge in [-0.3, -0.25) is 4.79 Å². The predicted molar refractivity (Wildman–Crippen MR) is 99.9 cm³/mol. The Morgan fingerprint density at radius 1 is 1.08 bits per heavy atom. The van der Waals surface area contributed by atoms with E-state index in [1.165, 1.54) is 16.7 Å². The van der Waals surface area contributed by atoms with Crippen LogP contribution in [0, 0.1) is 0 Å². The van der Waals surface area contributed by atoms with Gasteiger partial charge in [-0.2, -0.15) is 0 Å². The number of aliphatic hydroxyl groups is 1. The Hall–Kier alpha value is -1.78. The number of aryl methyl sites for hydroxylation is 1. The van der Waals surface area contributed by atoms with Crippen LogP contribution in [0.1, 0.15) is 18.4 Å². The van der Waals surface area contributed by atoms with Crippen molar-refractivity contribution in [3.05, 3.63) is 60.2 Å². The highest BCUT2D eigenvalue weighted by Gasteiger charge is 2.20. The highest BCUT2D eigenvalue weighted by Crippen LogP contribution is 2.20. The summed E-state index contributed by atoms with van der Waals surface area (Å²) >= 11 is 1.77. The first-order chi connectivity index (χ1) is 11.7. The number of rotatable bonds is 6. The fourth-order valence-corrected chi connectivity index (χ4v) is 3.84. The third kappa shape index (κ3) is 4.62. The number of benzene rings is 2. The molecule has 2 aromatic rings. The molecule has 3 rings (SSSR count). The maximum absolute atomic E-state index is 12.0. The highest BCUT2D eigenvalue weighted by molar-refractivity contribution is 7.99. The van der Waals surface area contributed by atoms with E-state index in [1.54, 1.807) is 11.8 Å². The fraction of sp³-hybridized carbons (Fsp3) is 0.350. The standard InChI is InChI=1S/C20H23NO2S/c22-19(14-20(23)21-12-13-24-15-21)11-8-16-6-9-18(10-7-16)17-4-2-1-3-5-17/h1-7,9-10,19,22H,8,11-15H2. The molecule has 4 heteroatoms. The van der Waals surface area contributed by atoms with Gasteiger partial charge in [0.05, 0.1) is 18.4 Å². The van der Waals surface area contributed by atoms with Crippen LogP contribution in [0.4, 0.5) is 0 Å². The van der Waals surface area contributed by atoms with E-state index in [1.807, 2.05) is 23.1 Å². The Balaban J connectivity index is 1.48. The van der Waals surface area contributed by atoms with Crippen LogP contribution >= 0.6 is 11.8 Å². The highest BCUT2D eigenvalue weighted by atomic mass is 32.2. The lowest BCUT2D eigenvalue weighted by atomic mass is 10.0. The third-order valence-corrected chi connectivity index (χ3v) is 5.31. The molecule has 0 aromatic heterocycles. The van der Waals surface area contributed by atoms with Crippen molar-refractivity contribution in [2.24, 2.45) is 0 Å². The van der Waals surface area contributed by atoms with Gasteiger partial charge in [0.25, 0.3) is 0 Å². The number of hydrogen-bond donors (Lipinski definition) is 1. The lowest BCUT2D eigenvalue weighted by Crippen LogP contribution is -2.31. The Labute approximate surface area is 147 Å². The van der Waals surface area contributed by atoms with Crippen molar-refractivity contribution < 1.29 is 9.90 Å². The zero-order valence-corrected chi connectivity index (χ0v) is 14.5. The summed E-state index contributed by atoms with van der Waals surface area (Å²) in [4.78, 5) is 13.9. The van der Waals surface area contributed by atoms with Gasteiger partial charge in [0.1, 0.15) is 0 Å². The Morgan fingerprint density at radius 2 is 1.79 bits per heavy atom. The molecule has 2 aromatic carbocycles. The van der Waals surface area contributed by atoms with E-state index in [4.69, 9.17) is 0 Å². The number of amides is 1. The molecule has 0 saturated carbocycles. The molecule has 1 N–H and O–H groups in total. The third-order valence-electron chi connectivity index (χ3n) is 4.34. The van der Waals surface area contributed by atoms with Crippen LogP contribution < -0.4 is 0 Å². The van der Waals surface area contributed by atoms with E-state index in [9.17, 15) is 9.90 Å². The second-order valence-corrected chi connectivity index (χ2v) is 7.23. The van der Waals surface area contributed by atoms with Gasteiger partial charge in [0.2, 0.25) is 5.91 Å². The van der Waals surface area contributed by atoms with E-state index in [0.29, 0.717) is 6.42 Å². The second-order valence-electron chi connectivity index (χ2n) is 6.15. The number of nitrogens with zero attached hydrogens (tertiary/aromatic N) is 1. The van der Waals surface area contributed by atoms with E-state index in [0.717, 1.165) is 24.6 Å². The van der Waals surface area contributed by atoms with Crippen molar-refractivity contribution in [1.29, 1.82) is 0 Å². The summed E-state index contributed by atoms with van der Waals surface area (Å²) in [5.41, 5.74) is 3.60. The van der Waals surface area contributed by atoms with Crippen molar-refractivity contribution in [3.63, 3.8) is 0 Å². The fourth-order valence-electron chi connectivity index (χ4n) is 2.87. The van der Waals surface area contributed by atoms with E-state index in [-0.39, 0.29) is 12.3 Å². The predicted octanol–water partition coefficient (Wildman–Crippen LogP) is 3.57. The topological polar surface area (TPSA) is 40.5 Å². The molecule has 1 saturated heterocycles. The molecule has 24 heavy (non-hydrogen) atoms. The summed E-state index contributed by atoms with van der Waals surface area (Å²) < 4.78 is 0. The summed E-state index contributed by atoms with van der Waals surface area (Å²) in [5.74, 6) is 1.86. The zero-order chi connectivity index (χ0) is 16.8. The first-order valence-electron chi connectivity index (χ1n) is 8.40. The van der Waals surface area contributed by atoms with Crippen LogP contribution in [0.25, 0.3) is 11.1 Å². The molecular formula is C20H23NO2S. The smallest absolute Gasteiger partial charge is 0.225 e. The van der Waals surface area contributed by atoms with E-state index >= 15 is 0 Å². The maximum atomic E-state index is 12.0. The van der Waals surface area contributed by atoms with Crippen molar-refractivity contribution in [3.8, 4) is 11.1 Å². The summed E-state index contributed by atoms with van der Waals surface area (Å²) in [5, 5.41) is 10.1. The van der Waals surface area contributed by atoms with Crippen molar-refractivity contribution in [1.82, 2.24) is 4.90 Å². The molecule has 1 aliphatic heterocycles. The monoisotopic (exact) mass is 341 g/mol. The first kappa shape index (κ1) is 17.1. The van der Waals surface area contributed by atoms with Gasteiger partial charge in [-0.25, -0.2) is 0 Å². The number of carbonyl (C=O) groups excluding carboxylic acids is 1. The molecule has 1 heterocycles. The van der Waals surface area contributed by atoms with Crippen LogP contribution in [0.15, 0.2) is 54.6 Å². The van der Waals surface area contributed by atoms with Crippen LogP contribution in [-0.2, 0) is 11.2 Å². The van der Waals surface area contributed by atoms with Crippen LogP contribution in [0.5, 0.6) is 0 Å². The minimum atomic E-state index is -0.558. The summed E-state index contributed by atoms with van der Waals surface area (Å²) in [6, 6.07) is 18.7. The van der Waals surface area contributed by atoms with Gasteiger partial charge in [-0.05, 0) is 29.5 Å². The van der Waals surface area contributed by atoms with Gasteiger partial charge in [0, 0.05) is 12.3 Å². The van der Waals surface area contributed by atoms with Crippen molar-refractivity contribution in [2.45, 2.75) is 25.4 Å². The van der Waals surface area contributed by atoms with E-state index in [2.05, 4.69) is 36.4 Å². The largest absolute Gasteiger partial charge is 0.393 e. The minimum absolute atomic E-state index is 0.0759. The Bertz CT molecular complexity index is 651. The molecule has 3 nitrogen and oxygen atoms in total. The Kier molecular flexibility index (Phi) is 5.94. The van der Waals surface area contributed by atoms with Gasteiger partial charge in [0.15, 0.2) is 0 Å². The average Bonchev–Trinajstić information content (AvgIpc) is 3.16. The average molecular weight is 341 g/mol. The molecule has 1 fully saturated rings. The number of thioether (sulfide) groups is 1. The normalized spacial score (nSPS) is 15.5.